The van der Waals surface area contributed by atoms with Gasteiger partial charge in [-0.2, -0.15) is 0 Å². The van der Waals surface area contributed by atoms with E-state index in [1.807, 2.05) is 76.3 Å². The van der Waals surface area contributed by atoms with Gasteiger partial charge >= 0.3 is 0 Å². The van der Waals surface area contributed by atoms with Crippen LogP contribution in [0.2, 0.25) is 0 Å². The highest BCUT2D eigenvalue weighted by Gasteiger charge is 2.25. The van der Waals surface area contributed by atoms with Crippen LogP contribution in [0.25, 0.3) is 0 Å². The molecule has 1 unspecified atom stereocenters. The standard InChI is InChI=1S/C33H35FN4O3/c34-29-11-5-10-28(20-29)32(13-6-18-39)38-25-35-21-30(38)14-15-36-16-17-37(33(40)23-36)22-27-9-4-12-31(19-27)41-24-26-7-2-1-3-8-26/h1-5,7-12,18-21,25,32H,6,13-17,22-24H2. The molecule has 2 heterocycles. The number of carbonyl (C=O) groups is 2. The monoisotopic (exact) mass is 554 g/mol. The molecule has 0 radical (unpaired) electrons. The van der Waals surface area contributed by atoms with E-state index in [1.54, 1.807) is 12.4 Å². The first-order valence-corrected chi connectivity index (χ1v) is 14.0. The second-order valence-electron chi connectivity index (χ2n) is 10.4. The zero-order chi connectivity index (χ0) is 28.4. The topological polar surface area (TPSA) is 67.7 Å². The van der Waals surface area contributed by atoms with Crippen molar-refractivity contribution in [1.82, 2.24) is 19.4 Å². The predicted octanol–water partition coefficient (Wildman–Crippen LogP) is 5.06. The maximum absolute atomic E-state index is 14.0. The van der Waals surface area contributed by atoms with E-state index < -0.39 is 0 Å². The minimum atomic E-state index is -0.303. The number of amides is 1. The molecule has 1 amide bonds. The smallest absolute Gasteiger partial charge is 0.237 e. The number of halogens is 1. The molecule has 1 atom stereocenters. The van der Waals surface area contributed by atoms with Crippen LogP contribution in [0.3, 0.4) is 0 Å². The number of hydrogen-bond donors (Lipinski definition) is 0. The maximum Gasteiger partial charge on any atom is 0.237 e. The number of aromatic nitrogens is 2. The quantitative estimate of drug-likeness (QED) is 0.216. The first-order valence-electron chi connectivity index (χ1n) is 14.0. The predicted molar refractivity (Wildman–Crippen MR) is 155 cm³/mol. The molecule has 41 heavy (non-hydrogen) atoms. The summed E-state index contributed by atoms with van der Waals surface area (Å²) in [5.41, 5.74) is 3.95. The Morgan fingerprint density at radius 2 is 1.80 bits per heavy atom. The molecule has 5 rings (SSSR count). The van der Waals surface area contributed by atoms with E-state index in [-0.39, 0.29) is 17.8 Å². The van der Waals surface area contributed by atoms with Crippen molar-refractivity contribution in [1.29, 1.82) is 0 Å². The Kier molecular flexibility index (Phi) is 9.54. The van der Waals surface area contributed by atoms with E-state index in [9.17, 15) is 14.0 Å². The van der Waals surface area contributed by atoms with Crippen LogP contribution in [0, 0.1) is 5.82 Å². The van der Waals surface area contributed by atoms with Gasteiger partial charge in [-0.25, -0.2) is 9.37 Å². The Morgan fingerprint density at radius 1 is 0.976 bits per heavy atom. The van der Waals surface area contributed by atoms with Gasteiger partial charge in [0.25, 0.3) is 0 Å². The highest BCUT2D eigenvalue weighted by atomic mass is 19.1. The number of carbonyl (C=O) groups excluding carboxylic acids is 2. The summed E-state index contributed by atoms with van der Waals surface area (Å²) >= 11 is 0. The zero-order valence-corrected chi connectivity index (χ0v) is 23.1. The summed E-state index contributed by atoms with van der Waals surface area (Å²) in [6, 6.07) is 24.3. The molecule has 0 saturated carbocycles. The third-order valence-corrected chi connectivity index (χ3v) is 7.48. The molecular weight excluding hydrogens is 519 g/mol. The van der Waals surface area contributed by atoms with Crippen LogP contribution in [0.5, 0.6) is 5.75 Å². The minimum Gasteiger partial charge on any atom is -0.489 e. The Balaban J connectivity index is 1.15. The molecule has 8 heteroatoms. The molecule has 212 valence electrons. The molecule has 1 aliphatic heterocycles. The molecule has 1 fully saturated rings. The number of imidazole rings is 1. The second-order valence-corrected chi connectivity index (χ2v) is 10.4. The van der Waals surface area contributed by atoms with Crippen LogP contribution >= 0.6 is 0 Å². The largest absolute Gasteiger partial charge is 0.489 e. The van der Waals surface area contributed by atoms with Crippen molar-refractivity contribution in [2.24, 2.45) is 0 Å². The van der Waals surface area contributed by atoms with Crippen molar-refractivity contribution in [3.05, 3.63) is 120 Å². The summed E-state index contributed by atoms with van der Waals surface area (Å²) in [6.07, 6.45) is 6.08. The van der Waals surface area contributed by atoms with Crippen molar-refractivity contribution < 1.29 is 18.7 Å². The van der Waals surface area contributed by atoms with E-state index in [0.717, 1.165) is 41.0 Å². The molecule has 1 aromatic heterocycles. The molecule has 3 aromatic carbocycles. The van der Waals surface area contributed by atoms with Crippen molar-refractivity contribution >= 4 is 12.2 Å². The van der Waals surface area contributed by atoms with E-state index in [1.165, 1.54) is 12.1 Å². The Bertz CT molecular complexity index is 1440. The van der Waals surface area contributed by atoms with E-state index >= 15 is 0 Å². The molecule has 0 aliphatic carbocycles. The third kappa shape index (κ3) is 7.67. The fourth-order valence-electron chi connectivity index (χ4n) is 5.30. The highest BCUT2D eigenvalue weighted by molar-refractivity contribution is 5.79. The van der Waals surface area contributed by atoms with Crippen LogP contribution in [-0.2, 0) is 29.2 Å². The number of hydrogen-bond acceptors (Lipinski definition) is 5. The van der Waals surface area contributed by atoms with Gasteiger partial charge < -0.3 is 19.0 Å². The highest BCUT2D eigenvalue weighted by Crippen LogP contribution is 2.26. The van der Waals surface area contributed by atoms with Crippen molar-refractivity contribution in [2.75, 3.05) is 26.2 Å². The van der Waals surface area contributed by atoms with E-state index in [0.29, 0.717) is 52.0 Å². The number of piperazine rings is 1. The van der Waals surface area contributed by atoms with Crippen LogP contribution in [0.15, 0.2) is 91.4 Å². The van der Waals surface area contributed by atoms with Crippen molar-refractivity contribution in [3.8, 4) is 5.75 Å². The Morgan fingerprint density at radius 3 is 2.61 bits per heavy atom. The Labute approximate surface area is 240 Å². The lowest BCUT2D eigenvalue weighted by atomic mass is 10.0. The minimum absolute atomic E-state index is 0.101. The lowest BCUT2D eigenvalue weighted by Gasteiger charge is -2.34. The Hall–Kier alpha value is -4.30. The van der Waals surface area contributed by atoms with Gasteiger partial charge in [0.1, 0.15) is 24.5 Å². The molecule has 7 nitrogen and oxygen atoms in total. The SMILES string of the molecule is O=CCCC(c1cccc(F)c1)n1cncc1CCN1CCN(Cc2cccc(OCc3ccccc3)c2)C(=O)C1. The molecule has 0 spiro atoms. The van der Waals surface area contributed by atoms with Crippen LogP contribution < -0.4 is 4.74 Å². The number of nitrogens with zero attached hydrogens (tertiary/aromatic N) is 4. The molecule has 0 N–H and O–H groups in total. The van der Waals surface area contributed by atoms with Crippen LogP contribution in [0.1, 0.15) is 41.3 Å². The summed E-state index contributed by atoms with van der Waals surface area (Å²) in [4.78, 5) is 32.6. The molecule has 0 bridgehead atoms. The summed E-state index contributed by atoms with van der Waals surface area (Å²) in [6.45, 7) is 3.55. The van der Waals surface area contributed by atoms with Crippen LogP contribution in [-0.4, -0.2) is 57.7 Å². The summed E-state index contributed by atoms with van der Waals surface area (Å²) in [5.74, 6) is 0.589. The van der Waals surface area contributed by atoms with Gasteiger partial charge in [0.15, 0.2) is 0 Å². The number of rotatable bonds is 13. The van der Waals surface area contributed by atoms with Gasteiger partial charge in [-0.1, -0.05) is 54.6 Å². The maximum atomic E-state index is 14.0. The van der Waals surface area contributed by atoms with Crippen molar-refractivity contribution in [2.45, 2.75) is 38.5 Å². The second kappa shape index (κ2) is 13.9. The number of benzene rings is 3. The average Bonchev–Trinajstić information content (AvgIpc) is 3.46. The average molecular weight is 555 g/mol. The summed E-state index contributed by atoms with van der Waals surface area (Å²) in [7, 11) is 0. The number of aldehydes is 1. The van der Waals surface area contributed by atoms with Gasteiger partial charge in [0, 0.05) is 50.9 Å². The lowest BCUT2D eigenvalue weighted by molar-refractivity contribution is -0.136. The summed E-state index contributed by atoms with van der Waals surface area (Å²) < 4.78 is 22.0. The van der Waals surface area contributed by atoms with Crippen LogP contribution in [0.4, 0.5) is 4.39 Å². The molecule has 1 saturated heterocycles. The van der Waals surface area contributed by atoms with E-state index in [4.69, 9.17) is 4.74 Å². The van der Waals surface area contributed by atoms with Gasteiger partial charge in [-0.3, -0.25) is 9.69 Å². The molecule has 1 aliphatic rings. The number of ether oxygens (including phenoxy) is 1. The summed E-state index contributed by atoms with van der Waals surface area (Å²) in [5, 5.41) is 0. The normalized spacial score (nSPS) is 14.7. The molecule has 4 aromatic rings. The first kappa shape index (κ1) is 28.2. The van der Waals surface area contributed by atoms with Crippen molar-refractivity contribution in [3.63, 3.8) is 0 Å². The van der Waals surface area contributed by atoms with Gasteiger partial charge in [-0.05, 0) is 47.4 Å². The zero-order valence-electron chi connectivity index (χ0n) is 23.1. The van der Waals surface area contributed by atoms with E-state index in [2.05, 4.69) is 9.88 Å². The molecular formula is C33H35FN4O3. The first-order chi connectivity index (χ1) is 20.1. The lowest BCUT2D eigenvalue weighted by Crippen LogP contribution is -2.50. The fourth-order valence-corrected chi connectivity index (χ4v) is 5.30. The van der Waals surface area contributed by atoms with Gasteiger partial charge in [0.2, 0.25) is 5.91 Å². The van der Waals surface area contributed by atoms with Gasteiger partial charge in [0.05, 0.1) is 18.9 Å². The third-order valence-electron chi connectivity index (χ3n) is 7.48. The van der Waals surface area contributed by atoms with Gasteiger partial charge in [-0.15, -0.1) is 0 Å². The fraction of sp³-hybridized carbons (Fsp3) is 0.303.